The first-order valence-electron chi connectivity index (χ1n) is 5.70. The van der Waals surface area contributed by atoms with Crippen molar-refractivity contribution in [3.8, 4) is 5.75 Å². The summed E-state index contributed by atoms with van der Waals surface area (Å²) in [5.74, 6) is 0.846. The zero-order valence-electron chi connectivity index (χ0n) is 9.69. The third kappa shape index (κ3) is 3.47. The molecule has 0 bridgehead atoms. The number of hydrogen-bond donors (Lipinski definition) is 0. The first-order valence-corrected chi connectivity index (χ1v) is 5.70. The summed E-state index contributed by atoms with van der Waals surface area (Å²) in [6.07, 6.45) is 1.77. The Hall–Kier alpha value is -1.13. The second-order valence-electron chi connectivity index (χ2n) is 3.94. The SMILES string of the molecule is Cc1ccc(OCCN2CCOCC2)cn1. The molecule has 2 rings (SSSR count). The van der Waals surface area contributed by atoms with E-state index < -0.39 is 0 Å². The van der Waals surface area contributed by atoms with Crippen LogP contribution in [-0.2, 0) is 4.74 Å². The molecule has 88 valence electrons. The molecule has 4 nitrogen and oxygen atoms in total. The molecule has 0 aliphatic carbocycles. The van der Waals surface area contributed by atoms with Gasteiger partial charge in [-0.1, -0.05) is 0 Å². The minimum atomic E-state index is 0.713. The van der Waals surface area contributed by atoms with E-state index >= 15 is 0 Å². The van der Waals surface area contributed by atoms with Gasteiger partial charge in [0.05, 0.1) is 19.4 Å². The summed E-state index contributed by atoms with van der Waals surface area (Å²) < 4.78 is 10.9. The maximum absolute atomic E-state index is 5.62. The summed E-state index contributed by atoms with van der Waals surface area (Å²) in [5, 5.41) is 0. The molecule has 0 atom stereocenters. The van der Waals surface area contributed by atoms with Gasteiger partial charge in [-0.15, -0.1) is 0 Å². The Morgan fingerprint density at radius 2 is 2.19 bits per heavy atom. The van der Waals surface area contributed by atoms with Gasteiger partial charge in [-0.2, -0.15) is 0 Å². The highest BCUT2D eigenvalue weighted by Crippen LogP contribution is 2.08. The van der Waals surface area contributed by atoms with Crippen molar-refractivity contribution in [1.82, 2.24) is 9.88 Å². The summed E-state index contributed by atoms with van der Waals surface area (Å²) in [7, 11) is 0. The predicted molar refractivity (Wildman–Crippen MR) is 61.7 cm³/mol. The lowest BCUT2D eigenvalue weighted by atomic mass is 10.4. The van der Waals surface area contributed by atoms with Gasteiger partial charge in [-0.05, 0) is 19.1 Å². The van der Waals surface area contributed by atoms with Crippen LogP contribution in [0.1, 0.15) is 5.69 Å². The number of rotatable bonds is 4. The third-order valence-corrected chi connectivity index (χ3v) is 2.66. The van der Waals surface area contributed by atoms with E-state index in [1.54, 1.807) is 6.20 Å². The molecule has 0 spiro atoms. The standard InChI is InChI=1S/C12H18N2O2/c1-11-2-3-12(10-13-11)16-9-6-14-4-7-15-8-5-14/h2-3,10H,4-9H2,1H3. The molecule has 1 aliphatic heterocycles. The van der Waals surface area contributed by atoms with Gasteiger partial charge in [0.15, 0.2) is 0 Å². The number of aryl methyl sites for hydroxylation is 1. The van der Waals surface area contributed by atoms with E-state index in [4.69, 9.17) is 9.47 Å². The Bertz CT molecular complexity index is 307. The first-order chi connectivity index (χ1) is 7.84. The van der Waals surface area contributed by atoms with Crippen molar-refractivity contribution < 1.29 is 9.47 Å². The number of hydrogen-bond acceptors (Lipinski definition) is 4. The van der Waals surface area contributed by atoms with E-state index in [9.17, 15) is 0 Å². The molecule has 1 saturated heterocycles. The van der Waals surface area contributed by atoms with Crippen molar-refractivity contribution >= 4 is 0 Å². The Labute approximate surface area is 96.2 Å². The van der Waals surface area contributed by atoms with Crippen LogP contribution >= 0.6 is 0 Å². The average Bonchev–Trinajstić information content (AvgIpc) is 2.33. The van der Waals surface area contributed by atoms with Gasteiger partial charge < -0.3 is 9.47 Å². The fourth-order valence-corrected chi connectivity index (χ4v) is 1.66. The van der Waals surface area contributed by atoms with Crippen molar-refractivity contribution in [1.29, 1.82) is 0 Å². The Morgan fingerprint density at radius 3 is 2.88 bits per heavy atom. The lowest BCUT2D eigenvalue weighted by molar-refractivity contribution is 0.0322. The number of ether oxygens (including phenoxy) is 2. The highest BCUT2D eigenvalue weighted by atomic mass is 16.5. The van der Waals surface area contributed by atoms with Crippen LogP contribution < -0.4 is 4.74 Å². The zero-order chi connectivity index (χ0) is 11.2. The van der Waals surface area contributed by atoms with Crippen LogP contribution in [-0.4, -0.2) is 49.3 Å². The van der Waals surface area contributed by atoms with Crippen LogP contribution in [0.4, 0.5) is 0 Å². The van der Waals surface area contributed by atoms with Gasteiger partial charge in [0, 0.05) is 25.3 Å². The van der Waals surface area contributed by atoms with Crippen LogP contribution in [0.5, 0.6) is 5.75 Å². The van der Waals surface area contributed by atoms with Crippen molar-refractivity contribution in [2.45, 2.75) is 6.92 Å². The quantitative estimate of drug-likeness (QED) is 0.764. The molecule has 1 aromatic rings. The van der Waals surface area contributed by atoms with E-state index in [1.807, 2.05) is 19.1 Å². The van der Waals surface area contributed by atoms with Crippen LogP contribution in [0.25, 0.3) is 0 Å². The van der Waals surface area contributed by atoms with E-state index in [0.29, 0.717) is 6.61 Å². The maximum atomic E-state index is 5.62. The maximum Gasteiger partial charge on any atom is 0.137 e. The normalized spacial score (nSPS) is 17.3. The molecule has 4 heteroatoms. The van der Waals surface area contributed by atoms with E-state index in [-0.39, 0.29) is 0 Å². The highest BCUT2D eigenvalue weighted by molar-refractivity contribution is 5.18. The Morgan fingerprint density at radius 1 is 1.38 bits per heavy atom. The van der Waals surface area contributed by atoms with Crippen molar-refractivity contribution in [3.05, 3.63) is 24.0 Å². The lowest BCUT2D eigenvalue weighted by Gasteiger charge is -2.26. The van der Waals surface area contributed by atoms with Gasteiger partial charge in [0.25, 0.3) is 0 Å². The molecule has 0 N–H and O–H groups in total. The molecule has 0 amide bonds. The molecule has 1 aliphatic rings. The molecule has 16 heavy (non-hydrogen) atoms. The second-order valence-corrected chi connectivity index (χ2v) is 3.94. The summed E-state index contributed by atoms with van der Waals surface area (Å²) in [6, 6.07) is 3.92. The van der Waals surface area contributed by atoms with Crippen molar-refractivity contribution in [3.63, 3.8) is 0 Å². The predicted octanol–water partition coefficient (Wildman–Crippen LogP) is 1.10. The van der Waals surface area contributed by atoms with E-state index in [2.05, 4.69) is 9.88 Å². The fourth-order valence-electron chi connectivity index (χ4n) is 1.66. The van der Waals surface area contributed by atoms with Gasteiger partial charge in [0.1, 0.15) is 12.4 Å². The first kappa shape index (κ1) is 11.4. The van der Waals surface area contributed by atoms with Gasteiger partial charge >= 0.3 is 0 Å². The van der Waals surface area contributed by atoms with Crippen LogP contribution in [0.15, 0.2) is 18.3 Å². The monoisotopic (exact) mass is 222 g/mol. The molecule has 0 saturated carbocycles. The largest absolute Gasteiger partial charge is 0.491 e. The topological polar surface area (TPSA) is 34.6 Å². The molecule has 0 aromatic carbocycles. The molecule has 0 radical (unpaired) electrons. The smallest absolute Gasteiger partial charge is 0.137 e. The number of pyridine rings is 1. The third-order valence-electron chi connectivity index (χ3n) is 2.66. The van der Waals surface area contributed by atoms with Crippen molar-refractivity contribution in [2.75, 3.05) is 39.5 Å². The zero-order valence-corrected chi connectivity index (χ0v) is 9.69. The van der Waals surface area contributed by atoms with Crippen LogP contribution in [0.3, 0.4) is 0 Å². The van der Waals surface area contributed by atoms with Gasteiger partial charge in [-0.3, -0.25) is 9.88 Å². The number of nitrogens with zero attached hydrogens (tertiary/aromatic N) is 2. The minimum Gasteiger partial charge on any atom is -0.491 e. The van der Waals surface area contributed by atoms with Gasteiger partial charge in [-0.25, -0.2) is 0 Å². The fraction of sp³-hybridized carbons (Fsp3) is 0.583. The van der Waals surface area contributed by atoms with E-state index in [1.165, 1.54) is 0 Å². The highest BCUT2D eigenvalue weighted by Gasteiger charge is 2.09. The summed E-state index contributed by atoms with van der Waals surface area (Å²) in [6.45, 7) is 7.34. The number of aromatic nitrogens is 1. The lowest BCUT2D eigenvalue weighted by Crippen LogP contribution is -2.38. The summed E-state index contributed by atoms with van der Waals surface area (Å²) in [4.78, 5) is 6.54. The second kappa shape index (κ2) is 5.82. The van der Waals surface area contributed by atoms with Gasteiger partial charge in [0.2, 0.25) is 0 Å². The Kier molecular flexibility index (Phi) is 4.13. The molecule has 1 aromatic heterocycles. The van der Waals surface area contributed by atoms with Crippen molar-refractivity contribution in [2.24, 2.45) is 0 Å². The molecular weight excluding hydrogens is 204 g/mol. The summed E-state index contributed by atoms with van der Waals surface area (Å²) in [5.41, 5.74) is 1.01. The van der Waals surface area contributed by atoms with E-state index in [0.717, 1.165) is 44.3 Å². The van der Waals surface area contributed by atoms with Crippen LogP contribution in [0, 0.1) is 6.92 Å². The minimum absolute atomic E-state index is 0.713. The molecule has 1 fully saturated rings. The van der Waals surface area contributed by atoms with Crippen LogP contribution in [0.2, 0.25) is 0 Å². The molecule has 0 unspecified atom stereocenters. The molecule has 2 heterocycles. The molecular formula is C12H18N2O2. The average molecular weight is 222 g/mol. The Balaban J connectivity index is 1.69. The number of morpholine rings is 1. The summed E-state index contributed by atoms with van der Waals surface area (Å²) >= 11 is 0.